The van der Waals surface area contributed by atoms with Crippen molar-refractivity contribution in [2.24, 2.45) is 5.73 Å². The zero-order valence-corrected chi connectivity index (χ0v) is 10.1. The van der Waals surface area contributed by atoms with Gasteiger partial charge in [0.1, 0.15) is 0 Å². The topological polar surface area (TPSA) is 75.4 Å². The van der Waals surface area contributed by atoms with Crippen LogP contribution in [0.25, 0.3) is 0 Å². The van der Waals surface area contributed by atoms with Crippen LogP contribution in [-0.4, -0.2) is 29.9 Å². The van der Waals surface area contributed by atoms with Crippen molar-refractivity contribution in [3.8, 4) is 0 Å². The van der Waals surface area contributed by atoms with Gasteiger partial charge in [0.2, 0.25) is 0 Å². The third kappa shape index (κ3) is 3.21. The van der Waals surface area contributed by atoms with E-state index in [9.17, 15) is 9.59 Å². The molecule has 0 atom stereocenters. The van der Waals surface area contributed by atoms with Crippen molar-refractivity contribution in [2.75, 3.05) is 18.4 Å². The molecule has 17 heavy (non-hydrogen) atoms. The Morgan fingerprint density at radius 1 is 1.24 bits per heavy atom. The number of urea groups is 1. The molecule has 0 fully saturated rings. The van der Waals surface area contributed by atoms with E-state index >= 15 is 0 Å². The molecule has 0 unspecified atom stereocenters. The normalized spacial score (nSPS) is 9.76. The molecule has 1 aromatic rings. The quantitative estimate of drug-likeness (QED) is 0.832. The Morgan fingerprint density at radius 3 is 2.35 bits per heavy atom. The lowest BCUT2D eigenvalue weighted by Crippen LogP contribution is -2.35. The lowest BCUT2D eigenvalue weighted by molar-refractivity contribution is 0.100. The fourth-order valence-corrected chi connectivity index (χ4v) is 1.51. The Hall–Kier alpha value is -2.04. The Bertz CT molecular complexity index is 414. The van der Waals surface area contributed by atoms with E-state index in [1.165, 1.54) is 0 Å². The molecular weight excluding hydrogens is 218 g/mol. The number of hydrogen-bond donors (Lipinski definition) is 2. The number of carbonyl (C=O) groups is 2. The second-order valence-corrected chi connectivity index (χ2v) is 3.51. The van der Waals surface area contributed by atoms with Gasteiger partial charge in [-0.3, -0.25) is 4.79 Å². The molecule has 5 nitrogen and oxygen atoms in total. The number of primary amides is 1. The van der Waals surface area contributed by atoms with Crippen molar-refractivity contribution in [1.82, 2.24) is 4.90 Å². The fraction of sp³-hybridized carbons (Fsp3) is 0.333. The summed E-state index contributed by atoms with van der Waals surface area (Å²) in [6.07, 6.45) is 0. The minimum Gasteiger partial charge on any atom is -0.366 e. The molecule has 0 saturated heterocycles. The van der Waals surface area contributed by atoms with Crippen molar-refractivity contribution in [3.05, 3.63) is 29.8 Å². The van der Waals surface area contributed by atoms with Gasteiger partial charge in [-0.15, -0.1) is 0 Å². The smallest absolute Gasteiger partial charge is 0.321 e. The first kappa shape index (κ1) is 13.0. The van der Waals surface area contributed by atoms with Crippen LogP contribution in [0.5, 0.6) is 0 Å². The van der Waals surface area contributed by atoms with E-state index in [-0.39, 0.29) is 6.03 Å². The first-order valence-electron chi connectivity index (χ1n) is 5.54. The molecule has 0 aliphatic heterocycles. The summed E-state index contributed by atoms with van der Waals surface area (Å²) in [6, 6.07) is 6.45. The number of nitrogens with zero attached hydrogens (tertiary/aromatic N) is 1. The van der Waals surface area contributed by atoms with Crippen LogP contribution in [0.2, 0.25) is 0 Å². The minimum absolute atomic E-state index is 0.233. The Balaban J connectivity index is 2.88. The average molecular weight is 235 g/mol. The monoisotopic (exact) mass is 235 g/mol. The summed E-state index contributed by atoms with van der Waals surface area (Å²) in [5, 5.41) is 2.68. The Labute approximate surface area is 101 Å². The van der Waals surface area contributed by atoms with Gasteiger partial charge in [0.25, 0.3) is 5.91 Å². The van der Waals surface area contributed by atoms with E-state index < -0.39 is 5.91 Å². The number of anilines is 1. The average Bonchev–Trinajstić information content (AvgIpc) is 2.31. The van der Waals surface area contributed by atoms with Crippen LogP contribution in [0.3, 0.4) is 0 Å². The molecule has 5 heteroatoms. The highest BCUT2D eigenvalue weighted by molar-refractivity contribution is 6.02. The molecule has 1 aromatic carbocycles. The Morgan fingerprint density at radius 2 is 1.82 bits per heavy atom. The zero-order valence-electron chi connectivity index (χ0n) is 10.1. The van der Waals surface area contributed by atoms with E-state index in [0.717, 1.165) is 0 Å². The lowest BCUT2D eigenvalue weighted by atomic mass is 10.1. The van der Waals surface area contributed by atoms with Crippen LogP contribution in [-0.2, 0) is 0 Å². The highest BCUT2D eigenvalue weighted by Crippen LogP contribution is 2.14. The number of nitrogens with one attached hydrogen (secondary N) is 1. The molecular formula is C12H17N3O2. The zero-order chi connectivity index (χ0) is 12.8. The largest absolute Gasteiger partial charge is 0.366 e. The Kier molecular flexibility index (Phi) is 4.51. The molecule has 0 aromatic heterocycles. The third-order valence-corrected chi connectivity index (χ3v) is 2.48. The summed E-state index contributed by atoms with van der Waals surface area (Å²) >= 11 is 0. The number of nitrogens with two attached hydrogens (primary N) is 1. The summed E-state index contributed by atoms with van der Waals surface area (Å²) in [5.41, 5.74) is 5.98. The molecule has 92 valence electrons. The van der Waals surface area contributed by atoms with E-state index in [1.54, 1.807) is 29.2 Å². The third-order valence-electron chi connectivity index (χ3n) is 2.48. The second kappa shape index (κ2) is 5.89. The number of para-hydroxylation sites is 1. The van der Waals surface area contributed by atoms with Crippen LogP contribution < -0.4 is 11.1 Å². The highest BCUT2D eigenvalue weighted by Gasteiger charge is 2.13. The maximum Gasteiger partial charge on any atom is 0.321 e. The molecule has 0 saturated carbocycles. The molecule has 0 heterocycles. The van der Waals surface area contributed by atoms with Crippen molar-refractivity contribution < 1.29 is 9.59 Å². The predicted octanol–water partition coefficient (Wildman–Crippen LogP) is 1.66. The number of benzene rings is 1. The summed E-state index contributed by atoms with van der Waals surface area (Å²) in [5.74, 6) is -0.555. The maximum absolute atomic E-state index is 11.8. The molecule has 0 spiro atoms. The van der Waals surface area contributed by atoms with Crippen molar-refractivity contribution >= 4 is 17.6 Å². The van der Waals surface area contributed by atoms with Gasteiger partial charge in [0.15, 0.2) is 0 Å². The molecule has 0 aliphatic rings. The lowest BCUT2D eigenvalue weighted by Gasteiger charge is -2.19. The molecule has 1 rings (SSSR count). The van der Waals surface area contributed by atoms with Crippen LogP contribution in [0, 0.1) is 0 Å². The van der Waals surface area contributed by atoms with Gasteiger partial charge in [-0.05, 0) is 26.0 Å². The van der Waals surface area contributed by atoms with Crippen LogP contribution >= 0.6 is 0 Å². The molecule has 0 aliphatic carbocycles. The summed E-state index contributed by atoms with van der Waals surface area (Å²) < 4.78 is 0. The first-order valence-corrected chi connectivity index (χ1v) is 5.54. The van der Waals surface area contributed by atoms with Gasteiger partial charge < -0.3 is 16.0 Å². The van der Waals surface area contributed by atoms with Crippen molar-refractivity contribution in [1.29, 1.82) is 0 Å². The number of amides is 3. The van der Waals surface area contributed by atoms with Gasteiger partial charge in [0.05, 0.1) is 11.3 Å². The summed E-state index contributed by atoms with van der Waals surface area (Å²) in [4.78, 5) is 24.6. The van der Waals surface area contributed by atoms with E-state index in [4.69, 9.17) is 5.73 Å². The van der Waals surface area contributed by atoms with Gasteiger partial charge in [-0.1, -0.05) is 12.1 Å². The van der Waals surface area contributed by atoms with E-state index in [2.05, 4.69) is 5.32 Å². The van der Waals surface area contributed by atoms with Crippen LogP contribution in [0.1, 0.15) is 24.2 Å². The van der Waals surface area contributed by atoms with E-state index in [1.807, 2.05) is 13.8 Å². The second-order valence-electron chi connectivity index (χ2n) is 3.51. The van der Waals surface area contributed by atoms with Crippen LogP contribution in [0.4, 0.5) is 10.5 Å². The van der Waals surface area contributed by atoms with Gasteiger partial charge in [-0.25, -0.2) is 4.79 Å². The number of rotatable bonds is 4. The summed E-state index contributed by atoms with van der Waals surface area (Å²) in [7, 11) is 0. The SMILES string of the molecule is CCN(CC)C(=O)Nc1ccccc1C(N)=O. The maximum atomic E-state index is 11.8. The summed E-state index contributed by atoms with van der Waals surface area (Å²) in [6.45, 7) is 5.01. The van der Waals surface area contributed by atoms with Crippen molar-refractivity contribution in [3.63, 3.8) is 0 Å². The fourth-order valence-electron chi connectivity index (χ4n) is 1.51. The predicted molar refractivity (Wildman–Crippen MR) is 66.9 cm³/mol. The first-order chi connectivity index (χ1) is 8.10. The minimum atomic E-state index is -0.555. The molecule has 0 radical (unpaired) electrons. The van der Waals surface area contributed by atoms with Crippen molar-refractivity contribution in [2.45, 2.75) is 13.8 Å². The van der Waals surface area contributed by atoms with Crippen LogP contribution in [0.15, 0.2) is 24.3 Å². The molecule has 0 bridgehead atoms. The van der Waals surface area contributed by atoms with Gasteiger partial charge >= 0.3 is 6.03 Å². The number of hydrogen-bond acceptors (Lipinski definition) is 2. The molecule has 3 amide bonds. The number of carbonyl (C=O) groups excluding carboxylic acids is 2. The standard InChI is InChI=1S/C12H17N3O2/c1-3-15(4-2)12(17)14-10-8-6-5-7-9(10)11(13)16/h5-8H,3-4H2,1-2H3,(H2,13,16)(H,14,17). The van der Waals surface area contributed by atoms with Gasteiger partial charge in [0, 0.05) is 13.1 Å². The highest BCUT2D eigenvalue weighted by atomic mass is 16.2. The van der Waals surface area contributed by atoms with Gasteiger partial charge in [-0.2, -0.15) is 0 Å². The van der Waals surface area contributed by atoms with E-state index in [0.29, 0.717) is 24.3 Å². The molecule has 3 N–H and O–H groups in total.